The Morgan fingerprint density at radius 2 is 2.21 bits per heavy atom. The van der Waals surface area contributed by atoms with Crippen LogP contribution in [-0.4, -0.2) is 12.1 Å². The predicted molar refractivity (Wildman–Crippen MR) is 57.1 cm³/mol. The summed E-state index contributed by atoms with van der Waals surface area (Å²) in [4.78, 5) is 10.8. The van der Waals surface area contributed by atoms with Crippen molar-refractivity contribution >= 4 is 5.97 Å². The summed E-state index contributed by atoms with van der Waals surface area (Å²) >= 11 is 0. The molecular formula is C12H22O2. The number of carbonyl (C=O) groups is 1. The van der Waals surface area contributed by atoms with Gasteiger partial charge >= 0.3 is 5.97 Å². The van der Waals surface area contributed by atoms with Gasteiger partial charge in [-0.15, -0.1) is 0 Å². The van der Waals surface area contributed by atoms with E-state index in [9.17, 15) is 4.79 Å². The fraction of sp³-hybridized carbons (Fsp3) is 0.917. The first-order valence-electron chi connectivity index (χ1n) is 6.91. The van der Waals surface area contributed by atoms with Gasteiger partial charge < -0.3 is 4.74 Å². The van der Waals surface area contributed by atoms with Crippen LogP contribution in [0.3, 0.4) is 0 Å². The van der Waals surface area contributed by atoms with Crippen molar-refractivity contribution in [2.45, 2.75) is 70.8 Å². The van der Waals surface area contributed by atoms with Crippen LogP contribution in [0.5, 0.6) is 0 Å². The van der Waals surface area contributed by atoms with Crippen LogP contribution in [0.1, 0.15) is 67.4 Å². The maximum atomic E-state index is 10.8. The van der Waals surface area contributed by atoms with E-state index in [1.807, 2.05) is 0 Å². The van der Waals surface area contributed by atoms with Gasteiger partial charge in [-0.2, -0.15) is 0 Å². The summed E-state index contributed by atoms with van der Waals surface area (Å²) in [6.07, 6.45) is 7.76. The normalized spacial score (nSPS) is 25.4. The average molecular weight is 200 g/mol. The number of unbranched alkanes of at least 4 members (excludes halogenated alkanes) is 3. The summed E-state index contributed by atoms with van der Waals surface area (Å²) in [6.45, 7) is 0.220. The van der Waals surface area contributed by atoms with Crippen LogP contribution < -0.4 is 0 Å². The standard InChI is InChI=1S/C12H22O2/c1-2-3-4-5-6-7-8-11-9-10-12(13)14-11/h11H,2-10H2,1H3/i1D,2D. The Balaban J connectivity index is 1.86. The zero-order valence-corrected chi connectivity index (χ0v) is 8.84. The van der Waals surface area contributed by atoms with Crippen molar-refractivity contribution in [1.29, 1.82) is 0 Å². The highest BCUT2D eigenvalue weighted by Crippen LogP contribution is 2.19. The van der Waals surface area contributed by atoms with Crippen LogP contribution in [0.2, 0.25) is 0 Å². The SMILES string of the molecule is [2H]CC([2H])CCCCCCC1CCC(=O)O1. The number of rotatable bonds is 7. The van der Waals surface area contributed by atoms with Crippen molar-refractivity contribution in [3.63, 3.8) is 0 Å². The summed E-state index contributed by atoms with van der Waals surface area (Å²) in [5.74, 6) is -0.0440. The molecule has 0 aromatic carbocycles. The maximum absolute atomic E-state index is 10.8. The lowest BCUT2D eigenvalue weighted by Gasteiger charge is -2.07. The molecule has 0 aromatic heterocycles. The first-order valence-corrected chi connectivity index (χ1v) is 5.63. The molecule has 0 aromatic rings. The van der Waals surface area contributed by atoms with Gasteiger partial charge in [0.15, 0.2) is 0 Å². The van der Waals surface area contributed by atoms with E-state index < -0.39 is 0 Å². The van der Waals surface area contributed by atoms with E-state index >= 15 is 0 Å². The molecule has 0 amide bonds. The highest BCUT2D eigenvalue weighted by molar-refractivity contribution is 5.71. The minimum Gasteiger partial charge on any atom is -0.462 e. The van der Waals surface area contributed by atoms with Crippen LogP contribution in [0.25, 0.3) is 0 Å². The second-order valence-electron chi connectivity index (χ2n) is 3.93. The molecule has 0 radical (unpaired) electrons. The highest BCUT2D eigenvalue weighted by Gasteiger charge is 2.22. The summed E-state index contributed by atoms with van der Waals surface area (Å²) in [6, 6.07) is 0. The molecule has 2 atom stereocenters. The number of hydrogen-bond donors (Lipinski definition) is 0. The van der Waals surface area contributed by atoms with Gasteiger partial charge in [-0.05, 0) is 19.3 Å². The number of carbonyl (C=O) groups excluding carboxylic acids is 1. The molecule has 14 heavy (non-hydrogen) atoms. The third-order valence-electron chi connectivity index (χ3n) is 2.65. The third-order valence-corrected chi connectivity index (χ3v) is 2.65. The number of cyclic esters (lactones) is 1. The highest BCUT2D eigenvalue weighted by atomic mass is 16.5. The van der Waals surface area contributed by atoms with Gasteiger partial charge in [-0.1, -0.05) is 39.0 Å². The molecule has 1 heterocycles. The molecule has 2 nitrogen and oxygen atoms in total. The summed E-state index contributed by atoms with van der Waals surface area (Å²) in [5, 5.41) is 0. The van der Waals surface area contributed by atoms with Crippen molar-refractivity contribution in [2.75, 3.05) is 0 Å². The van der Waals surface area contributed by atoms with E-state index in [-0.39, 0.29) is 25.4 Å². The lowest BCUT2D eigenvalue weighted by molar-refractivity contribution is -0.141. The van der Waals surface area contributed by atoms with E-state index in [1.165, 1.54) is 0 Å². The zero-order valence-electron chi connectivity index (χ0n) is 10.8. The first-order chi connectivity index (χ1) is 7.72. The first kappa shape index (κ1) is 8.75. The topological polar surface area (TPSA) is 26.3 Å². The molecule has 1 aliphatic rings. The Kier molecular flexibility index (Phi) is 4.29. The smallest absolute Gasteiger partial charge is 0.306 e. The Hall–Kier alpha value is -0.530. The molecule has 2 unspecified atom stereocenters. The Bertz CT molecular complexity index is 209. The molecule has 1 aliphatic heterocycles. The summed E-state index contributed by atoms with van der Waals surface area (Å²) in [5.41, 5.74) is 0. The van der Waals surface area contributed by atoms with Gasteiger partial charge in [0.25, 0.3) is 0 Å². The number of ether oxygens (including phenoxy) is 1. The number of hydrogen-bond acceptors (Lipinski definition) is 2. The van der Waals surface area contributed by atoms with Gasteiger partial charge in [0.1, 0.15) is 6.10 Å². The molecule has 1 fully saturated rings. The fourth-order valence-electron chi connectivity index (χ4n) is 1.80. The molecule has 0 spiro atoms. The van der Waals surface area contributed by atoms with Crippen molar-refractivity contribution in [3.05, 3.63) is 0 Å². The van der Waals surface area contributed by atoms with Gasteiger partial charge in [-0.3, -0.25) is 4.79 Å². The minimum atomic E-state index is -0.198. The second kappa shape index (κ2) is 6.86. The van der Waals surface area contributed by atoms with E-state index in [1.54, 1.807) is 0 Å². The monoisotopic (exact) mass is 200 g/mol. The lowest BCUT2D eigenvalue weighted by atomic mass is 10.1. The summed E-state index contributed by atoms with van der Waals surface area (Å²) < 4.78 is 19.6. The molecule has 1 saturated heterocycles. The zero-order chi connectivity index (χ0) is 11.8. The molecule has 0 bridgehead atoms. The van der Waals surface area contributed by atoms with Crippen LogP contribution >= 0.6 is 0 Å². The van der Waals surface area contributed by atoms with E-state index in [4.69, 9.17) is 7.48 Å². The van der Waals surface area contributed by atoms with Gasteiger partial charge in [-0.25, -0.2) is 0 Å². The van der Waals surface area contributed by atoms with Gasteiger partial charge in [0, 0.05) is 9.16 Å². The van der Waals surface area contributed by atoms with Crippen molar-refractivity contribution in [2.24, 2.45) is 0 Å². The quantitative estimate of drug-likeness (QED) is 0.465. The van der Waals surface area contributed by atoms with Gasteiger partial charge in [0.2, 0.25) is 0 Å². The molecule has 0 N–H and O–H groups in total. The molecular weight excluding hydrogens is 176 g/mol. The van der Waals surface area contributed by atoms with Crippen molar-refractivity contribution in [1.82, 2.24) is 0 Å². The Labute approximate surface area is 89.8 Å². The fourth-order valence-corrected chi connectivity index (χ4v) is 1.80. The van der Waals surface area contributed by atoms with Crippen molar-refractivity contribution < 1.29 is 12.3 Å². The minimum absolute atomic E-state index is 0.0440. The second-order valence-corrected chi connectivity index (χ2v) is 3.93. The third kappa shape index (κ3) is 4.64. The van der Waals surface area contributed by atoms with Crippen molar-refractivity contribution in [3.8, 4) is 0 Å². The number of esters is 1. The predicted octanol–water partition coefficient (Wildman–Crippen LogP) is 3.44. The maximum Gasteiger partial charge on any atom is 0.306 e. The molecule has 0 saturated carbocycles. The van der Waals surface area contributed by atoms with E-state index in [0.717, 1.165) is 44.9 Å². The van der Waals surface area contributed by atoms with Crippen LogP contribution in [0.15, 0.2) is 0 Å². The lowest BCUT2D eigenvalue weighted by Crippen LogP contribution is -2.06. The Morgan fingerprint density at radius 1 is 1.43 bits per heavy atom. The van der Waals surface area contributed by atoms with E-state index in [0.29, 0.717) is 6.42 Å². The largest absolute Gasteiger partial charge is 0.462 e. The average Bonchev–Trinajstić information content (AvgIpc) is 2.69. The Morgan fingerprint density at radius 3 is 2.93 bits per heavy atom. The van der Waals surface area contributed by atoms with E-state index in [2.05, 4.69) is 0 Å². The summed E-state index contributed by atoms with van der Waals surface area (Å²) in [7, 11) is 0. The van der Waals surface area contributed by atoms with Crippen LogP contribution in [0, 0.1) is 0 Å². The molecule has 82 valence electrons. The molecule has 2 heteroatoms. The molecule has 1 rings (SSSR count). The van der Waals surface area contributed by atoms with Crippen LogP contribution in [-0.2, 0) is 9.53 Å². The van der Waals surface area contributed by atoms with Crippen LogP contribution in [0.4, 0.5) is 0 Å². The van der Waals surface area contributed by atoms with Gasteiger partial charge in [0.05, 0.1) is 0 Å². The molecule has 0 aliphatic carbocycles.